The lowest BCUT2D eigenvalue weighted by molar-refractivity contribution is 0.352. The van der Waals surface area contributed by atoms with E-state index in [4.69, 9.17) is 9.15 Å². The van der Waals surface area contributed by atoms with E-state index in [-0.39, 0.29) is 0 Å². The molecule has 2 aromatic rings. The Labute approximate surface area is 112 Å². The van der Waals surface area contributed by atoms with Crippen LogP contribution in [0.2, 0.25) is 0 Å². The fourth-order valence-corrected chi connectivity index (χ4v) is 2.43. The molecule has 19 heavy (non-hydrogen) atoms. The van der Waals surface area contributed by atoms with Crippen LogP contribution in [0.3, 0.4) is 0 Å². The molecule has 4 heteroatoms. The number of nitrogens with zero attached hydrogens (tertiary/aromatic N) is 1. The summed E-state index contributed by atoms with van der Waals surface area (Å²) < 4.78 is 11.1. The Kier molecular flexibility index (Phi) is 3.51. The van der Waals surface area contributed by atoms with Gasteiger partial charge in [-0.05, 0) is 37.6 Å². The number of oxazole rings is 1. The molecule has 100 valence electrons. The van der Waals surface area contributed by atoms with Gasteiger partial charge in [-0.3, -0.25) is 0 Å². The molecule has 0 saturated carbocycles. The first-order valence-corrected chi connectivity index (χ1v) is 6.70. The van der Waals surface area contributed by atoms with Gasteiger partial charge in [0.2, 0.25) is 5.89 Å². The number of ether oxygens (including phenoxy) is 1. The maximum atomic E-state index is 5.88. The van der Waals surface area contributed by atoms with E-state index < -0.39 is 0 Å². The van der Waals surface area contributed by atoms with E-state index in [1.165, 1.54) is 12.8 Å². The van der Waals surface area contributed by atoms with Crippen molar-refractivity contribution in [2.75, 3.05) is 13.7 Å². The highest BCUT2D eigenvalue weighted by molar-refractivity contribution is 5.55. The third-order valence-corrected chi connectivity index (χ3v) is 3.49. The van der Waals surface area contributed by atoms with Crippen LogP contribution in [0.4, 0.5) is 0 Å². The molecule has 1 atom stereocenters. The second-order valence-corrected chi connectivity index (χ2v) is 4.80. The van der Waals surface area contributed by atoms with Crippen molar-refractivity contribution < 1.29 is 9.15 Å². The van der Waals surface area contributed by atoms with Gasteiger partial charge in [-0.2, -0.15) is 0 Å². The summed E-state index contributed by atoms with van der Waals surface area (Å²) in [5, 5.41) is 3.46. The molecule has 1 aliphatic rings. The van der Waals surface area contributed by atoms with Crippen molar-refractivity contribution in [3.05, 3.63) is 36.2 Å². The lowest BCUT2D eigenvalue weighted by Gasteiger charge is -2.20. The molecule has 0 bridgehead atoms. The molecular formula is C15H18N2O2. The quantitative estimate of drug-likeness (QED) is 0.918. The first-order valence-electron chi connectivity index (χ1n) is 6.70. The summed E-state index contributed by atoms with van der Waals surface area (Å²) in [6, 6.07) is 8.07. The van der Waals surface area contributed by atoms with Crippen LogP contribution < -0.4 is 10.1 Å². The van der Waals surface area contributed by atoms with E-state index in [0.717, 1.165) is 30.0 Å². The van der Waals surface area contributed by atoms with Crippen molar-refractivity contribution in [1.82, 2.24) is 10.3 Å². The number of hydrogen-bond donors (Lipinski definition) is 1. The standard InChI is InChI=1S/C15H18N2O2/c1-18-12-6-4-5-11(9-12)15-17-10-14(19-15)13-7-2-3-8-16-13/h4-6,9-10,13,16H,2-3,7-8H2,1H3. The maximum Gasteiger partial charge on any atom is 0.226 e. The van der Waals surface area contributed by atoms with Gasteiger partial charge in [0.1, 0.15) is 11.5 Å². The number of aromatic nitrogens is 1. The SMILES string of the molecule is COc1cccc(-c2ncc(C3CCCCN3)o2)c1. The van der Waals surface area contributed by atoms with Crippen LogP contribution in [-0.4, -0.2) is 18.6 Å². The highest BCUT2D eigenvalue weighted by Crippen LogP contribution is 2.28. The van der Waals surface area contributed by atoms with E-state index in [1.54, 1.807) is 7.11 Å². The van der Waals surface area contributed by atoms with Gasteiger partial charge in [0.05, 0.1) is 19.3 Å². The van der Waals surface area contributed by atoms with Gasteiger partial charge < -0.3 is 14.5 Å². The van der Waals surface area contributed by atoms with Crippen LogP contribution in [0.15, 0.2) is 34.9 Å². The molecule has 4 nitrogen and oxygen atoms in total. The summed E-state index contributed by atoms with van der Waals surface area (Å²) in [6.45, 7) is 1.06. The van der Waals surface area contributed by atoms with Crippen molar-refractivity contribution in [3.63, 3.8) is 0 Å². The van der Waals surface area contributed by atoms with Crippen molar-refractivity contribution in [3.8, 4) is 17.2 Å². The number of benzene rings is 1. The zero-order valence-electron chi connectivity index (χ0n) is 11.1. The molecule has 3 rings (SSSR count). The first-order chi connectivity index (χ1) is 9.36. The topological polar surface area (TPSA) is 47.3 Å². The second kappa shape index (κ2) is 5.45. The number of piperidine rings is 1. The third-order valence-electron chi connectivity index (χ3n) is 3.49. The molecule has 2 heterocycles. The first kappa shape index (κ1) is 12.2. The Morgan fingerprint density at radius 1 is 1.37 bits per heavy atom. The average Bonchev–Trinajstić information content (AvgIpc) is 2.98. The highest BCUT2D eigenvalue weighted by atomic mass is 16.5. The summed E-state index contributed by atoms with van der Waals surface area (Å²) in [7, 11) is 1.66. The van der Waals surface area contributed by atoms with Gasteiger partial charge in [-0.1, -0.05) is 12.5 Å². The molecule has 1 N–H and O–H groups in total. The lowest BCUT2D eigenvalue weighted by Crippen LogP contribution is -2.26. The van der Waals surface area contributed by atoms with Crippen LogP contribution in [-0.2, 0) is 0 Å². The summed E-state index contributed by atoms with van der Waals surface area (Å²) in [5.74, 6) is 2.40. The third kappa shape index (κ3) is 2.63. The minimum absolute atomic E-state index is 0.306. The fourth-order valence-electron chi connectivity index (χ4n) is 2.43. The van der Waals surface area contributed by atoms with Crippen molar-refractivity contribution in [1.29, 1.82) is 0 Å². The Bertz CT molecular complexity index is 545. The molecule has 1 fully saturated rings. The minimum Gasteiger partial charge on any atom is -0.497 e. The number of nitrogens with one attached hydrogen (secondary N) is 1. The number of hydrogen-bond acceptors (Lipinski definition) is 4. The van der Waals surface area contributed by atoms with Gasteiger partial charge in [0.25, 0.3) is 0 Å². The molecular weight excluding hydrogens is 240 g/mol. The van der Waals surface area contributed by atoms with E-state index in [9.17, 15) is 0 Å². The Balaban J connectivity index is 1.83. The second-order valence-electron chi connectivity index (χ2n) is 4.80. The maximum absolute atomic E-state index is 5.88. The Morgan fingerprint density at radius 3 is 3.11 bits per heavy atom. The van der Waals surface area contributed by atoms with E-state index >= 15 is 0 Å². The number of rotatable bonds is 3. The average molecular weight is 258 g/mol. The summed E-state index contributed by atoms with van der Waals surface area (Å²) in [5.41, 5.74) is 0.946. The molecule has 1 aromatic carbocycles. The van der Waals surface area contributed by atoms with E-state index in [0.29, 0.717) is 11.9 Å². The highest BCUT2D eigenvalue weighted by Gasteiger charge is 2.19. The van der Waals surface area contributed by atoms with Gasteiger partial charge in [0.15, 0.2) is 0 Å². The van der Waals surface area contributed by atoms with Crippen LogP contribution in [0, 0.1) is 0 Å². The minimum atomic E-state index is 0.306. The molecule has 1 aliphatic heterocycles. The van der Waals surface area contributed by atoms with Crippen molar-refractivity contribution in [2.24, 2.45) is 0 Å². The molecule has 0 amide bonds. The Hall–Kier alpha value is -1.81. The summed E-state index contributed by atoms with van der Waals surface area (Å²) in [6.07, 6.45) is 5.44. The van der Waals surface area contributed by atoms with Crippen molar-refractivity contribution in [2.45, 2.75) is 25.3 Å². The van der Waals surface area contributed by atoms with Gasteiger partial charge >= 0.3 is 0 Å². The largest absolute Gasteiger partial charge is 0.497 e. The van der Waals surface area contributed by atoms with Crippen LogP contribution >= 0.6 is 0 Å². The van der Waals surface area contributed by atoms with E-state index in [2.05, 4.69) is 10.3 Å². The molecule has 1 aromatic heterocycles. The predicted molar refractivity (Wildman–Crippen MR) is 73.1 cm³/mol. The smallest absolute Gasteiger partial charge is 0.226 e. The lowest BCUT2D eigenvalue weighted by atomic mass is 10.0. The zero-order chi connectivity index (χ0) is 13.1. The summed E-state index contributed by atoms with van der Waals surface area (Å²) in [4.78, 5) is 4.37. The molecule has 1 unspecified atom stereocenters. The predicted octanol–water partition coefficient (Wildman–Crippen LogP) is 3.16. The molecule has 0 radical (unpaired) electrons. The van der Waals surface area contributed by atoms with Crippen LogP contribution in [0.5, 0.6) is 5.75 Å². The van der Waals surface area contributed by atoms with Crippen LogP contribution in [0.1, 0.15) is 31.1 Å². The zero-order valence-corrected chi connectivity index (χ0v) is 11.1. The normalized spacial score (nSPS) is 19.3. The summed E-state index contributed by atoms with van der Waals surface area (Å²) >= 11 is 0. The monoisotopic (exact) mass is 258 g/mol. The molecule has 0 spiro atoms. The van der Waals surface area contributed by atoms with Gasteiger partial charge in [-0.15, -0.1) is 0 Å². The van der Waals surface area contributed by atoms with Gasteiger partial charge in [-0.25, -0.2) is 4.98 Å². The fraction of sp³-hybridized carbons (Fsp3) is 0.400. The number of methoxy groups -OCH3 is 1. The van der Waals surface area contributed by atoms with E-state index in [1.807, 2.05) is 30.5 Å². The Morgan fingerprint density at radius 2 is 2.32 bits per heavy atom. The van der Waals surface area contributed by atoms with Gasteiger partial charge in [0, 0.05) is 5.56 Å². The van der Waals surface area contributed by atoms with Crippen LogP contribution in [0.25, 0.3) is 11.5 Å². The molecule has 1 saturated heterocycles. The van der Waals surface area contributed by atoms with Crippen molar-refractivity contribution >= 4 is 0 Å². The molecule has 0 aliphatic carbocycles.